The highest BCUT2D eigenvalue weighted by molar-refractivity contribution is 5.92. The molecule has 0 fully saturated rings. The lowest BCUT2D eigenvalue weighted by atomic mass is 9.96. The number of anilines is 2. The zero-order valence-corrected chi connectivity index (χ0v) is 11.8. The van der Waals surface area contributed by atoms with Crippen molar-refractivity contribution in [1.29, 1.82) is 0 Å². The number of hydrogen-bond donors (Lipinski definition) is 2. The van der Waals surface area contributed by atoms with Gasteiger partial charge >= 0.3 is 0 Å². The molecule has 1 amide bonds. The van der Waals surface area contributed by atoms with Gasteiger partial charge in [-0.3, -0.25) is 4.79 Å². The zero-order valence-electron chi connectivity index (χ0n) is 11.8. The second-order valence-electron chi connectivity index (χ2n) is 5.24. The van der Waals surface area contributed by atoms with Gasteiger partial charge in [-0.1, -0.05) is 18.2 Å². The summed E-state index contributed by atoms with van der Waals surface area (Å²) in [6, 6.07) is 9.58. The van der Waals surface area contributed by atoms with E-state index in [9.17, 15) is 4.79 Å². The first kappa shape index (κ1) is 13.4. The average molecular weight is 283 g/mol. The molecule has 0 radical (unpaired) electrons. The number of nitrogen functional groups attached to an aromatic ring is 1. The number of para-hydroxylation sites is 1. The molecule has 0 bridgehead atoms. The molecule has 0 aliphatic carbocycles. The molecule has 5 nitrogen and oxygen atoms in total. The summed E-state index contributed by atoms with van der Waals surface area (Å²) in [6.07, 6.45) is 2.21. The van der Waals surface area contributed by atoms with E-state index in [1.807, 2.05) is 31.2 Å². The van der Waals surface area contributed by atoms with Crippen LogP contribution in [-0.4, -0.2) is 17.5 Å². The highest BCUT2D eigenvalue weighted by Crippen LogP contribution is 2.27. The average Bonchev–Trinajstić information content (AvgIpc) is 2.49. The number of benzene rings is 1. The van der Waals surface area contributed by atoms with E-state index in [4.69, 9.17) is 10.5 Å². The fourth-order valence-electron chi connectivity index (χ4n) is 2.44. The van der Waals surface area contributed by atoms with Gasteiger partial charge in [0.2, 0.25) is 5.91 Å². The molecule has 3 N–H and O–H groups in total. The quantitative estimate of drug-likeness (QED) is 0.885. The number of aryl methyl sites for hydroxylation is 1. The topological polar surface area (TPSA) is 77.2 Å². The lowest BCUT2D eigenvalue weighted by Gasteiger charge is -2.24. The highest BCUT2D eigenvalue weighted by Gasteiger charge is 2.26. The van der Waals surface area contributed by atoms with E-state index in [0.717, 1.165) is 16.9 Å². The standard InChI is InChI=1S/C16H17N3O2/c1-10-6-13(17)8-18-15(10)19-16(20)12-7-11-4-2-3-5-14(11)21-9-12/h2-6,8,12H,7,9,17H2,1H3,(H,18,19,20). The fourth-order valence-corrected chi connectivity index (χ4v) is 2.44. The third kappa shape index (κ3) is 2.81. The zero-order chi connectivity index (χ0) is 14.8. The lowest BCUT2D eigenvalue weighted by Crippen LogP contribution is -2.33. The minimum atomic E-state index is -0.210. The molecule has 1 atom stereocenters. The van der Waals surface area contributed by atoms with Gasteiger partial charge in [-0.05, 0) is 36.6 Å². The Labute approximate surface area is 123 Å². The number of carbonyl (C=O) groups excluding carboxylic acids is 1. The number of amides is 1. The first-order valence-electron chi connectivity index (χ1n) is 6.87. The number of hydrogen-bond acceptors (Lipinski definition) is 4. The summed E-state index contributed by atoms with van der Waals surface area (Å²) in [7, 11) is 0. The maximum atomic E-state index is 12.4. The predicted molar refractivity (Wildman–Crippen MR) is 81.1 cm³/mol. The van der Waals surface area contributed by atoms with Crippen molar-refractivity contribution in [3.63, 3.8) is 0 Å². The second-order valence-corrected chi connectivity index (χ2v) is 5.24. The van der Waals surface area contributed by atoms with Crippen molar-refractivity contribution in [3.8, 4) is 5.75 Å². The maximum Gasteiger partial charge on any atom is 0.232 e. The fraction of sp³-hybridized carbons (Fsp3) is 0.250. The number of ether oxygens (including phenoxy) is 1. The molecular weight excluding hydrogens is 266 g/mol. The molecule has 1 aliphatic rings. The van der Waals surface area contributed by atoms with Crippen molar-refractivity contribution < 1.29 is 9.53 Å². The van der Waals surface area contributed by atoms with Crippen LogP contribution in [0.25, 0.3) is 0 Å². The van der Waals surface area contributed by atoms with E-state index in [0.29, 0.717) is 24.5 Å². The summed E-state index contributed by atoms with van der Waals surface area (Å²) in [5.41, 5.74) is 8.15. The van der Waals surface area contributed by atoms with Gasteiger partial charge < -0.3 is 15.8 Å². The smallest absolute Gasteiger partial charge is 0.232 e. The van der Waals surface area contributed by atoms with Gasteiger partial charge in [0.05, 0.1) is 17.8 Å². The van der Waals surface area contributed by atoms with Gasteiger partial charge in [-0.2, -0.15) is 0 Å². The summed E-state index contributed by atoms with van der Waals surface area (Å²) in [5, 5.41) is 2.85. The van der Waals surface area contributed by atoms with Gasteiger partial charge in [0.25, 0.3) is 0 Å². The normalized spacial score (nSPS) is 16.7. The Morgan fingerprint density at radius 3 is 3.05 bits per heavy atom. The Bertz CT molecular complexity index is 685. The lowest BCUT2D eigenvalue weighted by molar-refractivity contribution is -0.121. The number of carbonyl (C=O) groups is 1. The van der Waals surface area contributed by atoms with Crippen molar-refractivity contribution in [2.75, 3.05) is 17.7 Å². The molecule has 0 saturated carbocycles. The molecule has 1 aliphatic heterocycles. The maximum absolute atomic E-state index is 12.4. The number of rotatable bonds is 2. The SMILES string of the molecule is Cc1cc(N)cnc1NC(=O)C1COc2ccccc2C1. The van der Waals surface area contributed by atoms with Crippen LogP contribution in [0.4, 0.5) is 11.5 Å². The molecule has 2 heterocycles. The molecule has 21 heavy (non-hydrogen) atoms. The van der Waals surface area contributed by atoms with E-state index in [2.05, 4.69) is 10.3 Å². The van der Waals surface area contributed by atoms with E-state index in [1.54, 1.807) is 6.07 Å². The Hall–Kier alpha value is -2.56. The largest absolute Gasteiger partial charge is 0.492 e. The van der Waals surface area contributed by atoms with Gasteiger partial charge in [0.1, 0.15) is 18.2 Å². The number of nitrogens with zero attached hydrogens (tertiary/aromatic N) is 1. The number of pyridine rings is 1. The van der Waals surface area contributed by atoms with Crippen LogP contribution < -0.4 is 15.8 Å². The first-order chi connectivity index (χ1) is 10.1. The summed E-state index contributed by atoms with van der Waals surface area (Å²) >= 11 is 0. The molecular formula is C16H17N3O2. The van der Waals surface area contributed by atoms with Crippen molar-refractivity contribution in [2.45, 2.75) is 13.3 Å². The van der Waals surface area contributed by atoms with E-state index in [-0.39, 0.29) is 11.8 Å². The molecule has 5 heteroatoms. The van der Waals surface area contributed by atoms with Crippen LogP contribution in [0.15, 0.2) is 36.5 Å². The number of aromatic nitrogens is 1. The summed E-state index contributed by atoms with van der Waals surface area (Å²) < 4.78 is 5.64. The van der Waals surface area contributed by atoms with Crippen LogP contribution in [-0.2, 0) is 11.2 Å². The minimum absolute atomic E-state index is 0.0788. The Balaban J connectivity index is 1.72. The van der Waals surface area contributed by atoms with Crippen LogP contribution in [0.5, 0.6) is 5.75 Å². The van der Waals surface area contributed by atoms with E-state index >= 15 is 0 Å². The third-order valence-electron chi connectivity index (χ3n) is 3.59. The van der Waals surface area contributed by atoms with Crippen molar-refractivity contribution in [3.05, 3.63) is 47.7 Å². The molecule has 3 rings (SSSR count). The van der Waals surface area contributed by atoms with Crippen molar-refractivity contribution >= 4 is 17.4 Å². The molecule has 0 saturated heterocycles. The number of fused-ring (bicyclic) bond motifs is 1. The molecule has 108 valence electrons. The van der Waals surface area contributed by atoms with Crippen molar-refractivity contribution in [1.82, 2.24) is 4.98 Å². The Kier molecular flexibility index (Phi) is 3.48. The van der Waals surface area contributed by atoms with Crippen LogP contribution in [0, 0.1) is 12.8 Å². The van der Waals surface area contributed by atoms with Crippen LogP contribution in [0.1, 0.15) is 11.1 Å². The molecule has 0 spiro atoms. The predicted octanol–water partition coefficient (Wildman–Crippen LogP) is 2.16. The molecule has 1 unspecified atom stereocenters. The van der Waals surface area contributed by atoms with Gasteiger partial charge in [-0.15, -0.1) is 0 Å². The van der Waals surface area contributed by atoms with Crippen LogP contribution in [0.3, 0.4) is 0 Å². The van der Waals surface area contributed by atoms with Gasteiger partial charge in [0.15, 0.2) is 0 Å². The second kappa shape index (κ2) is 5.44. The number of nitrogens with one attached hydrogen (secondary N) is 1. The Morgan fingerprint density at radius 2 is 2.24 bits per heavy atom. The van der Waals surface area contributed by atoms with Crippen molar-refractivity contribution in [2.24, 2.45) is 5.92 Å². The first-order valence-corrected chi connectivity index (χ1v) is 6.87. The van der Waals surface area contributed by atoms with Crippen LogP contribution >= 0.6 is 0 Å². The summed E-state index contributed by atoms with van der Waals surface area (Å²) in [4.78, 5) is 16.5. The monoisotopic (exact) mass is 283 g/mol. The highest BCUT2D eigenvalue weighted by atomic mass is 16.5. The number of nitrogens with two attached hydrogens (primary N) is 1. The van der Waals surface area contributed by atoms with Crippen LogP contribution in [0.2, 0.25) is 0 Å². The van der Waals surface area contributed by atoms with Gasteiger partial charge in [-0.25, -0.2) is 4.98 Å². The summed E-state index contributed by atoms with van der Waals surface area (Å²) in [5.74, 6) is 1.12. The molecule has 2 aromatic rings. The third-order valence-corrected chi connectivity index (χ3v) is 3.59. The van der Waals surface area contributed by atoms with Gasteiger partial charge in [0, 0.05) is 0 Å². The summed E-state index contributed by atoms with van der Waals surface area (Å²) in [6.45, 7) is 2.25. The Morgan fingerprint density at radius 1 is 1.43 bits per heavy atom. The minimum Gasteiger partial charge on any atom is -0.492 e. The van der Waals surface area contributed by atoms with E-state index < -0.39 is 0 Å². The molecule has 1 aromatic heterocycles. The molecule has 1 aromatic carbocycles. The van der Waals surface area contributed by atoms with E-state index in [1.165, 1.54) is 6.20 Å².